The molecule has 248 valence electrons. The predicted octanol–water partition coefficient (Wildman–Crippen LogP) is 8.11. The quantitative estimate of drug-likeness (QED) is 0.200. The number of aryl methyl sites for hydroxylation is 1. The highest BCUT2D eigenvalue weighted by molar-refractivity contribution is 6.13. The van der Waals surface area contributed by atoms with Gasteiger partial charge >= 0.3 is 12.2 Å². The second-order valence-electron chi connectivity index (χ2n) is 13.7. The van der Waals surface area contributed by atoms with E-state index in [1.54, 1.807) is 71.5 Å². The van der Waals surface area contributed by atoms with Crippen LogP contribution in [0.5, 0.6) is 0 Å². The van der Waals surface area contributed by atoms with Crippen LogP contribution in [0.15, 0.2) is 31.0 Å². The lowest BCUT2D eigenvalue weighted by molar-refractivity contribution is -0.0367. The Morgan fingerprint density at radius 2 is 1.79 bits per heavy atom. The first-order valence-electron chi connectivity index (χ1n) is 15.7. The van der Waals surface area contributed by atoms with Gasteiger partial charge in [-0.1, -0.05) is 6.08 Å². The first-order chi connectivity index (χ1) is 22.1. The van der Waals surface area contributed by atoms with Crippen LogP contribution < -0.4 is 4.90 Å². The number of carbonyl (C=O) groups is 2. The van der Waals surface area contributed by atoms with E-state index in [9.17, 15) is 14.9 Å². The number of aromatic nitrogens is 4. The number of pyridine rings is 1. The molecule has 4 heterocycles. The fourth-order valence-corrected chi connectivity index (χ4v) is 5.76. The Kier molecular flexibility index (Phi) is 8.90. The molecule has 11 nitrogen and oxygen atoms in total. The molecule has 0 bridgehead atoms. The topological polar surface area (TPSA) is 124 Å². The van der Waals surface area contributed by atoms with Crippen LogP contribution in [0.3, 0.4) is 0 Å². The molecule has 0 radical (unpaired) electrons. The number of anilines is 1. The number of halogens is 1. The summed E-state index contributed by atoms with van der Waals surface area (Å²) in [5, 5.41) is 16.2. The normalized spacial score (nSPS) is 15.4. The van der Waals surface area contributed by atoms with Gasteiger partial charge in [0, 0.05) is 34.7 Å². The molecule has 0 N–H and O–H groups in total. The van der Waals surface area contributed by atoms with E-state index in [2.05, 4.69) is 17.7 Å². The van der Waals surface area contributed by atoms with Crippen molar-refractivity contribution >= 4 is 39.9 Å². The largest absolute Gasteiger partial charge is 0.443 e. The van der Waals surface area contributed by atoms with Crippen LogP contribution in [0, 0.1) is 31.0 Å². The third kappa shape index (κ3) is 6.45. The van der Waals surface area contributed by atoms with E-state index >= 15 is 4.39 Å². The van der Waals surface area contributed by atoms with Gasteiger partial charge in [0.2, 0.25) is 0 Å². The number of benzene rings is 1. The monoisotopic (exact) mass is 644 g/mol. The van der Waals surface area contributed by atoms with Gasteiger partial charge in [-0.05, 0) is 92.7 Å². The molecule has 1 fully saturated rings. The van der Waals surface area contributed by atoms with Gasteiger partial charge in [0.1, 0.15) is 34.3 Å². The van der Waals surface area contributed by atoms with Gasteiger partial charge < -0.3 is 14.2 Å². The molecule has 1 saturated heterocycles. The van der Waals surface area contributed by atoms with Crippen LogP contribution in [-0.2, 0) is 20.6 Å². The number of imide groups is 1. The highest BCUT2D eigenvalue weighted by atomic mass is 19.1. The van der Waals surface area contributed by atoms with Crippen molar-refractivity contribution in [1.29, 1.82) is 5.26 Å². The highest BCUT2D eigenvalue weighted by Crippen LogP contribution is 2.41. The third-order valence-corrected chi connectivity index (χ3v) is 7.77. The summed E-state index contributed by atoms with van der Waals surface area (Å²) in [5.74, 6) is -0.747. The molecule has 4 aromatic rings. The summed E-state index contributed by atoms with van der Waals surface area (Å²) in [7, 11) is 0. The second kappa shape index (κ2) is 12.4. The van der Waals surface area contributed by atoms with E-state index in [4.69, 9.17) is 19.2 Å². The molecule has 1 aliphatic rings. The maximum absolute atomic E-state index is 16.1. The maximum atomic E-state index is 16.1. The molecule has 2 amide bonds. The third-order valence-electron chi connectivity index (χ3n) is 7.77. The van der Waals surface area contributed by atoms with Crippen LogP contribution in [-0.4, -0.2) is 49.3 Å². The Morgan fingerprint density at radius 3 is 2.34 bits per heavy atom. The SMILES string of the molecule is C=CCc1cc2c(C#N)c(N(C(=O)OC(C)(C)C)C(=O)OC(C)(C)C)n(-c3c(C)c(F)cc4c3cnn4C3CCCCO3)c2nc1C. The zero-order valence-corrected chi connectivity index (χ0v) is 28.2. The summed E-state index contributed by atoms with van der Waals surface area (Å²) in [6.07, 6.45) is 3.79. The summed E-state index contributed by atoms with van der Waals surface area (Å²) < 4.78 is 36.6. The molecule has 47 heavy (non-hydrogen) atoms. The lowest BCUT2D eigenvalue weighted by Crippen LogP contribution is -2.45. The molecule has 12 heteroatoms. The first kappa shape index (κ1) is 33.6. The number of nitriles is 1. The van der Waals surface area contributed by atoms with Gasteiger partial charge in [0.05, 0.1) is 17.4 Å². The molecule has 1 aromatic carbocycles. The Morgan fingerprint density at radius 1 is 1.13 bits per heavy atom. The van der Waals surface area contributed by atoms with E-state index < -0.39 is 35.4 Å². The summed E-state index contributed by atoms with van der Waals surface area (Å²) in [6.45, 7) is 17.8. The van der Waals surface area contributed by atoms with Crippen molar-refractivity contribution < 1.29 is 28.2 Å². The van der Waals surface area contributed by atoms with Gasteiger partial charge in [0.25, 0.3) is 0 Å². The molecule has 3 aromatic heterocycles. The van der Waals surface area contributed by atoms with Gasteiger partial charge in [-0.3, -0.25) is 4.57 Å². The number of amides is 2. The van der Waals surface area contributed by atoms with Gasteiger partial charge in [-0.15, -0.1) is 6.58 Å². The number of hydrogen-bond donors (Lipinski definition) is 0. The number of nitrogens with zero attached hydrogens (tertiary/aromatic N) is 6. The Balaban J connectivity index is 1.94. The minimum atomic E-state index is -1.08. The van der Waals surface area contributed by atoms with E-state index in [0.717, 1.165) is 18.4 Å². The molecule has 1 atom stereocenters. The van der Waals surface area contributed by atoms with Crippen LogP contribution in [0.2, 0.25) is 0 Å². The lowest BCUT2D eigenvalue weighted by atomic mass is 10.1. The number of hydrogen-bond acceptors (Lipinski definition) is 8. The summed E-state index contributed by atoms with van der Waals surface area (Å²) in [5.41, 5.74) is 0.456. The second-order valence-corrected chi connectivity index (χ2v) is 13.7. The molecule has 1 aliphatic heterocycles. The smallest absolute Gasteiger partial charge is 0.425 e. The number of rotatable bonds is 5. The fourth-order valence-electron chi connectivity index (χ4n) is 5.76. The van der Waals surface area contributed by atoms with E-state index in [-0.39, 0.29) is 28.3 Å². The van der Waals surface area contributed by atoms with Gasteiger partial charge in [0.15, 0.2) is 12.0 Å². The Labute approximate surface area is 273 Å². The zero-order chi connectivity index (χ0) is 34.4. The Hall–Kier alpha value is -4.76. The van der Waals surface area contributed by atoms with Crippen molar-refractivity contribution in [3.05, 3.63) is 59.2 Å². The first-order valence-corrected chi connectivity index (χ1v) is 15.7. The number of ether oxygens (including phenoxy) is 3. The summed E-state index contributed by atoms with van der Waals surface area (Å²) in [6, 6.07) is 5.38. The van der Waals surface area contributed by atoms with Crippen molar-refractivity contribution in [3.63, 3.8) is 0 Å². The number of allylic oxidation sites excluding steroid dienone is 1. The lowest BCUT2D eigenvalue weighted by Gasteiger charge is -2.29. The van der Waals surface area contributed by atoms with Gasteiger partial charge in [-0.2, -0.15) is 15.3 Å². The van der Waals surface area contributed by atoms with Crippen molar-refractivity contribution in [2.45, 2.75) is 98.5 Å². The van der Waals surface area contributed by atoms with Crippen LogP contribution >= 0.6 is 0 Å². The molecule has 5 rings (SSSR count). The molecular weight excluding hydrogens is 603 g/mol. The van der Waals surface area contributed by atoms with E-state index in [0.29, 0.717) is 46.3 Å². The van der Waals surface area contributed by atoms with Crippen LogP contribution in [0.25, 0.3) is 27.6 Å². The molecule has 0 spiro atoms. The van der Waals surface area contributed by atoms with E-state index in [1.807, 2.05) is 6.92 Å². The van der Waals surface area contributed by atoms with Crippen LogP contribution in [0.1, 0.15) is 89.4 Å². The highest BCUT2D eigenvalue weighted by Gasteiger charge is 2.39. The summed E-state index contributed by atoms with van der Waals surface area (Å²) in [4.78, 5) is 33.6. The minimum absolute atomic E-state index is 0.0469. The van der Waals surface area contributed by atoms with Crippen LogP contribution in [0.4, 0.5) is 19.8 Å². The molecule has 0 aliphatic carbocycles. The fraction of sp³-hybridized carbons (Fsp3) is 0.457. The minimum Gasteiger partial charge on any atom is -0.443 e. The van der Waals surface area contributed by atoms with Crippen molar-refractivity contribution in [1.82, 2.24) is 19.3 Å². The standard InChI is InChI=1S/C35H41FN6O5/c1-10-13-22-16-23-24(18-37)31(41(32(43)46-34(4,5)6)33(44)47-35(7,8)9)40(30(23)39-21(22)3)29-20(2)26(36)17-27-25(29)19-38-42(27)28-14-11-12-15-45-28/h10,16-17,19,28H,1,11-15H2,2-9H3. The average molecular weight is 645 g/mol. The predicted molar refractivity (Wildman–Crippen MR) is 176 cm³/mol. The number of carbonyl (C=O) groups excluding carboxylic acids is 2. The number of fused-ring (bicyclic) bond motifs is 2. The van der Waals surface area contributed by atoms with Crippen molar-refractivity contribution in [2.75, 3.05) is 11.5 Å². The molecular formula is C35H41FN6O5. The molecule has 0 saturated carbocycles. The Bertz CT molecular complexity index is 1900. The van der Waals surface area contributed by atoms with Crippen molar-refractivity contribution in [2.24, 2.45) is 0 Å². The maximum Gasteiger partial charge on any atom is 0.425 e. The van der Waals surface area contributed by atoms with Crippen molar-refractivity contribution in [3.8, 4) is 11.8 Å². The van der Waals surface area contributed by atoms with E-state index in [1.165, 1.54) is 10.6 Å². The molecule has 1 unspecified atom stereocenters. The van der Waals surface area contributed by atoms with Gasteiger partial charge in [-0.25, -0.2) is 23.6 Å². The zero-order valence-electron chi connectivity index (χ0n) is 28.2. The summed E-state index contributed by atoms with van der Waals surface area (Å²) >= 11 is 0. The average Bonchev–Trinajstić information content (AvgIpc) is 3.51.